The number of hydrogen-bond donors (Lipinski definition) is 1. The molecule has 2 atom stereocenters. The molecular formula is C27H36N6O2S2. The van der Waals surface area contributed by atoms with Gasteiger partial charge in [-0.3, -0.25) is 0 Å². The van der Waals surface area contributed by atoms with Crippen LogP contribution in [0.3, 0.4) is 0 Å². The lowest BCUT2D eigenvalue weighted by Gasteiger charge is -2.45. The molecule has 2 fully saturated rings. The number of hydrogen-bond acceptors (Lipinski definition) is 8. The number of nitrogens with zero attached hydrogens (tertiary/aromatic N) is 5. The second-order valence-corrected chi connectivity index (χ2v) is 14.4. The summed E-state index contributed by atoms with van der Waals surface area (Å²) in [6.07, 6.45) is 11.0. The first kappa shape index (κ1) is 26.4. The number of fused-ring (bicyclic) bond motifs is 1. The average Bonchev–Trinajstić information content (AvgIpc) is 3.43. The van der Waals surface area contributed by atoms with Crippen LogP contribution in [-0.4, -0.2) is 66.7 Å². The van der Waals surface area contributed by atoms with Gasteiger partial charge in [0, 0.05) is 67.4 Å². The maximum absolute atomic E-state index is 12.8. The van der Waals surface area contributed by atoms with E-state index < -0.39 is 11.4 Å². The number of pyridine rings is 1. The van der Waals surface area contributed by atoms with Crippen LogP contribution in [0.25, 0.3) is 11.0 Å². The van der Waals surface area contributed by atoms with Gasteiger partial charge in [-0.05, 0) is 64.0 Å². The number of aromatic nitrogens is 2. The summed E-state index contributed by atoms with van der Waals surface area (Å²) < 4.78 is 18.0. The van der Waals surface area contributed by atoms with Gasteiger partial charge in [-0.2, -0.15) is 0 Å². The minimum absolute atomic E-state index is 0.174. The molecule has 5 rings (SSSR count). The summed E-state index contributed by atoms with van der Waals surface area (Å²) in [4.78, 5) is 27.3. The van der Waals surface area contributed by atoms with E-state index in [0.29, 0.717) is 5.70 Å². The van der Waals surface area contributed by atoms with Crippen LogP contribution < -0.4 is 4.72 Å². The van der Waals surface area contributed by atoms with Gasteiger partial charge < -0.3 is 18.9 Å². The maximum atomic E-state index is 12.8. The van der Waals surface area contributed by atoms with E-state index in [4.69, 9.17) is 4.99 Å². The van der Waals surface area contributed by atoms with E-state index in [1.807, 2.05) is 62.7 Å². The summed E-state index contributed by atoms with van der Waals surface area (Å²) in [6, 6.07) is 4.30. The van der Waals surface area contributed by atoms with Crippen LogP contribution in [0, 0.1) is 5.41 Å². The fourth-order valence-electron chi connectivity index (χ4n) is 5.74. The summed E-state index contributed by atoms with van der Waals surface area (Å²) in [7, 11) is 3.87. The molecule has 0 bridgehead atoms. The van der Waals surface area contributed by atoms with Gasteiger partial charge in [-0.1, -0.05) is 18.2 Å². The van der Waals surface area contributed by atoms with Gasteiger partial charge in [-0.25, -0.2) is 14.8 Å². The first-order chi connectivity index (χ1) is 17.6. The lowest BCUT2D eigenvalue weighted by Crippen LogP contribution is -2.55. The van der Waals surface area contributed by atoms with Crippen molar-refractivity contribution in [3.05, 3.63) is 41.3 Å². The third kappa shape index (κ3) is 4.98. The summed E-state index contributed by atoms with van der Waals surface area (Å²) >= 11 is 0.454. The maximum Gasteiger partial charge on any atom is 0.206 e. The lowest BCUT2D eigenvalue weighted by molar-refractivity contribution is 0.122. The first-order valence-electron chi connectivity index (χ1n) is 12.9. The Bertz CT molecular complexity index is 1280. The second kappa shape index (κ2) is 10.2. The Hall–Kier alpha value is -2.23. The third-order valence-corrected chi connectivity index (χ3v) is 10.7. The summed E-state index contributed by atoms with van der Waals surface area (Å²) in [5.74, 6) is 2.96. The molecular weight excluding hydrogens is 504 g/mol. The zero-order chi connectivity index (χ0) is 26.4. The quantitative estimate of drug-likeness (QED) is 0.459. The van der Waals surface area contributed by atoms with Gasteiger partial charge in [-0.15, -0.1) is 4.72 Å². The van der Waals surface area contributed by atoms with Crippen molar-refractivity contribution in [2.75, 3.05) is 20.1 Å². The molecule has 198 valence electrons. The predicted octanol–water partition coefficient (Wildman–Crippen LogP) is 4.21. The molecule has 8 nitrogen and oxygen atoms in total. The number of guanidine groups is 1. The van der Waals surface area contributed by atoms with Gasteiger partial charge in [0.15, 0.2) is 5.94 Å². The van der Waals surface area contributed by atoms with Crippen LogP contribution in [-0.2, 0) is 23.2 Å². The van der Waals surface area contributed by atoms with E-state index in [2.05, 4.69) is 20.5 Å². The molecule has 1 N–H and O–H groups in total. The molecule has 1 spiro atoms. The van der Waals surface area contributed by atoms with E-state index in [0.717, 1.165) is 59.1 Å². The molecule has 0 radical (unpaired) electrons. The molecule has 1 saturated carbocycles. The van der Waals surface area contributed by atoms with Crippen LogP contribution in [0.5, 0.6) is 0 Å². The molecule has 3 aliphatic rings. The van der Waals surface area contributed by atoms with Crippen LogP contribution >= 0.6 is 11.8 Å². The van der Waals surface area contributed by atoms with Gasteiger partial charge >= 0.3 is 0 Å². The molecule has 37 heavy (non-hydrogen) atoms. The Morgan fingerprint density at radius 3 is 2.68 bits per heavy atom. The summed E-state index contributed by atoms with van der Waals surface area (Å²) in [5.41, 5.74) is 1.58. The number of rotatable bonds is 4. The molecule has 1 aliphatic carbocycles. The van der Waals surface area contributed by atoms with Gasteiger partial charge in [0.2, 0.25) is 5.96 Å². The van der Waals surface area contributed by atoms with Crippen LogP contribution in [0.15, 0.2) is 51.2 Å². The minimum atomic E-state index is -1.07. The van der Waals surface area contributed by atoms with Crippen molar-refractivity contribution in [3.63, 3.8) is 0 Å². The third-order valence-electron chi connectivity index (χ3n) is 7.96. The molecule has 0 amide bonds. The zero-order valence-electron chi connectivity index (χ0n) is 22.3. The van der Waals surface area contributed by atoms with Crippen molar-refractivity contribution in [3.8, 4) is 0 Å². The SMILES string of the molecule is CN1C(=C=O)C(Sc2ccnc3c2ccn3C)=CN=C1N1CCC2(CCC[C@H]2N[S@+]([O-])C(C)(C)C)CC1. The topological polar surface area (TPSA) is 88.8 Å². The standard InChI is InChI=1S/C27H36N6O2S2/c1-26(2,3)37(35)30-23-7-6-10-27(23)11-15-33(16-12-27)25-29-17-22(20(18-34)32(25)5)36-21-8-13-28-24-19(21)9-14-31(24)4/h8-9,13-14,17,23,30H,6-7,10-12,15-16H2,1-5H3/t23-,37-/m1/s1. The van der Waals surface area contributed by atoms with Gasteiger partial charge in [0.05, 0.1) is 10.9 Å². The fourth-order valence-corrected chi connectivity index (χ4v) is 7.74. The average molecular weight is 541 g/mol. The minimum Gasteiger partial charge on any atom is -0.598 e. The van der Waals surface area contributed by atoms with Crippen LogP contribution in [0.1, 0.15) is 52.9 Å². The van der Waals surface area contributed by atoms with E-state index in [1.165, 1.54) is 24.6 Å². The highest BCUT2D eigenvalue weighted by Crippen LogP contribution is 2.47. The highest BCUT2D eigenvalue weighted by atomic mass is 32.2. The number of carbonyl (C=O) groups excluding carboxylic acids is 1. The molecule has 2 aliphatic heterocycles. The molecule has 2 aromatic rings. The van der Waals surface area contributed by atoms with E-state index in [-0.39, 0.29) is 16.2 Å². The predicted molar refractivity (Wildman–Crippen MR) is 151 cm³/mol. The van der Waals surface area contributed by atoms with Crippen molar-refractivity contribution in [1.29, 1.82) is 0 Å². The molecule has 0 unspecified atom stereocenters. The summed E-state index contributed by atoms with van der Waals surface area (Å²) in [6.45, 7) is 7.79. The van der Waals surface area contributed by atoms with Crippen molar-refractivity contribution in [2.45, 2.75) is 68.6 Å². The number of likely N-dealkylation sites (tertiary alicyclic amines) is 1. The van der Waals surface area contributed by atoms with Crippen molar-refractivity contribution in [2.24, 2.45) is 17.5 Å². The Labute approximate surface area is 226 Å². The van der Waals surface area contributed by atoms with Crippen LogP contribution in [0.4, 0.5) is 0 Å². The Kier molecular flexibility index (Phi) is 7.24. The Morgan fingerprint density at radius 2 is 1.97 bits per heavy atom. The molecule has 0 aromatic carbocycles. The normalized spacial score (nSPS) is 22.9. The number of thioether (sulfide) groups is 1. The van der Waals surface area contributed by atoms with Crippen molar-refractivity contribution < 1.29 is 9.35 Å². The van der Waals surface area contributed by atoms with Gasteiger partial charge in [0.25, 0.3) is 0 Å². The Morgan fingerprint density at radius 1 is 1.22 bits per heavy atom. The fraction of sp³-hybridized carbons (Fsp3) is 0.556. The van der Waals surface area contributed by atoms with Crippen molar-refractivity contribution in [1.82, 2.24) is 24.1 Å². The first-order valence-corrected chi connectivity index (χ1v) is 14.9. The van der Waals surface area contributed by atoms with Crippen LogP contribution in [0.2, 0.25) is 0 Å². The lowest BCUT2D eigenvalue weighted by atomic mass is 9.74. The van der Waals surface area contributed by atoms with Gasteiger partial charge in [0.1, 0.15) is 16.1 Å². The second-order valence-electron chi connectivity index (χ2n) is 11.3. The zero-order valence-corrected chi connectivity index (χ0v) is 23.9. The monoisotopic (exact) mass is 540 g/mol. The van der Waals surface area contributed by atoms with E-state index >= 15 is 0 Å². The number of piperidine rings is 1. The number of aryl methyl sites for hydroxylation is 1. The number of nitrogens with one attached hydrogen (secondary N) is 1. The highest BCUT2D eigenvalue weighted by molar-refractivity contribution is 8.03. The van der Waals surface area contributed by atoms with E-state index in [1.54, 1.807) is 12.4 Å². The largest absolute Gasteiger partial charge is 0.598 e. The molecule has 4 heterocycles. The highest BCUT2D eigenvalue weighted by Gasteiger charge is 2.48. The number of aliphatic imine (C=N–C) groups is 1. The summed E-state index contributed by atoms with van der Waals surface area (Å²) in [5, 5.41) is 1.05. The molecule has 10 heteroatoms. The number of likely N-dealkylation sites (N-methyl/N-ethyl adjacent to an activating group) is 1. The smallest absolute Gasteiger partial charge is 0.206 e. The molecule has 2 aromatic heterocycles. The van der Waals surface area contributed by atoms with E-state index in [9.17, 15) is 9.35 Å². The molecule has 1 saturated heterocycles. The Balaban J connectivity index is 1.31. The van der Waals surface area contributed by atoms with Crippen molar-refractivity contribution >= 4 is 46.1 Å².